The molecular weight excluding hydrogens is 242 g/mol. The van der Waals surface area contributed by atoms with Crippen molar-refractivity contribution in [1.29, 1.82) is 5.26 Å². The van der Waals surface area contributed by atoms with Crippen LogP contribution in [0.1, 0.15) is 24.8 Å². The lowest BCUT2D eigenvalue weighted by Crippen LogP contribution is -2.24. The summed E-state index contributed by atoms with van der Waals surface area (Å²) >= 11 is 0. The molecule has 0 N–H and O–H groups in total. The fourth-order valence-corrected chi connectivity index (χ4v) is 2.32. The highest BCUT2D eigenvalue weighted by Gasteiger charge is 2.17. The predicted octanol–water partition coefficient (Wildman–Crippen LogP) is 3.40. The summed E-state index contributed by atoms with van der Waals surface area (Å²) in [6.45, 7) is 0.741. The van der Waals surface area contributed by atoms with Gasteiger partial charge < -0.3 is 13.9 Å². The summed E-state index contributed by atoms with van der Waals surface area (Å²) in [4.78, 5) is 0. The van der Waals surface area contributed by atoms with Crippen molar-refractivity contribution in [1.82, 2.24) is 0 Å². The van der Waals surface area contributed by atoms with Crippen molar-refractivity contribution in [2.75, 3.05) is 6.61 Å². The number of ether oxygens (including phenoxy) is 2. The minimum atomic E-state index is -0.214. The molecule has 3 rings (SSSR count). The van der Waals surface area contributed by atoms with E-state index in [0.29, 0.717) is 12.4 Å². The number of hydrogen-bond acceptors (Lipinski definition) is 4. The van der Waals surface area contributed by atoms with Crippen molar-refractivity contribution in [2.45, 2.75) is 32.0 Å². The average Bonchev–Trinajstić information content (AvgIpc) is 2.84. The zero-order valence-electron chi connectivity index (χ0n) is 10.6. The highest BCUT2D eigenvalue weighted by Crippen LogP contribution is 2.29. The standard InChI is InChI=1S/C15H15NO3/c16-8-7-11-4-3-5-12-10-14(19-15(11)12)18-13-6-1-2-9-17-13/h3-5,10,13H,1-2,6-7,9H2. The van der Waals surface area contributed by atoms with Gasteiger partial charge >= 0.3 is 0 Å². The van der Waals surface area contributed by atoms with Crippen LogP contribution in [-0.4, -0.2) is 12.9 Å². The average molecular weight is 257 g/mol. The molecule has 0 aliphatic carbocycles. The summed E-state index contributed by atoms with van der Waals surface area (Å²) in [6.07, 6.45) is 3.22. The molecule has 0 bridgehead atoms. The van der Waals surface area contributed by atoms with Gasteiger partial charge in [0.2, 0.25) is 6.29 Å². The Morgan fingerprint density at radius 3 is 3.11 bits per heavy atom. The first-order valence-electron chi connectivity index (χ1n) is 6.53. The smallest absolute Gasteiger partial charge is 0.287 e. The molecule has 1 fully saturated rings. The Morgan fingerprint density at radius 2 is 2.32 bits per heavy atom. The van der Waals surface area contributed by atoms with Gasteiger partial charge in [-0.05, 0) is 12.8 Å². The number of furan rings is 1. The molecule has 1 saturated heterocycles. The van der Waals surface area contributed by atoms with Crippen LogP contribution in [0.25, 0.3) is 11.0 Å². The molecular formula is C15H15NO3. The summed E-state index contributed by atoms with van der Waals surface area (Å²) in [6, 6.07) is 9.77. The molecule has 0 spiro atoms. The van der Waals surface area contributed by atoms with Gasteiger partial charge in [0, 0.05) is 23.4 Å². The Morgan fingerprint density at radius 1 is 1.37 bits per heavy atom. The summed E-state index contributed by atoms with van der Waals surface area (Å²) in [5.41, 5.74) is 1.62. The molecule has 1 aromatic carbocycles. The van der Waals surface area contributed by atoms with Gasteiger partial charge in [0.1, 0.15) is 5.58 Å². The van der Waals surface area contributed by atoms with Crippen molar-refractivity contribution >= 4 is 11.0 Å². The topological polar surface area (TPSA) is 55.4 Å². The summed E-state index contributed by atoms with van der Waals surface area (Å²) in [7, 11) is 0. The number of fused-ring (bicyclic) bond motifs is 1. The number of nitrogens with zero attached hydrogens (tertiary/aromatic N) is 1. The van der Waals surface area contributed by atoms with Crippen LogP contribution in [0.5, 0.6) is 5.95 Å². The van der Waals surface area contributed by atoms with E-state index in [2.05, 4.69) is 6.07 Å². The molecule has 98 valence electrons. The van der Waals surface area contributed by atoms with Crippen LogP contribution in [0.2, 0.25) is 0 Å². The molecule has 4 nitrogen and oxygen atoms in total. The van der Waals surface area contributed by atoms with E-state index in [4.69, 9.17) is 19.2 Å². The molecule has 19 heavy (non-hydrogen) atoms. The molecule has 1 aromatic heterocycles. The van der Waals surface area contributed by atoms with Gasteiger partial charge in [0.25, 0.3) is 5.95 Å². The molecule has 2 aromatic rings. The van der Waals surface area contributed by atoms with Crippen molar-refractivity contribution in [2.24, 2.45) is 0 Å². The first-order valence-corrected chi connectivity index (χ1v) is 6.53. The van der Waals surface area contributed by atoms with Gasteiger partial charge in [-0.1, -0.05) is 18.2 Å². The lowest BCUT2D eigenvalue weighted by molar-refractivity contribution is -0.114. The molecule has 1 atom stereocenters. The molecule has 1 unspecified atom stereocenters. The largest absolute Gasteiger partial charge is 0.435 e. The van der Waals surface area contributed by atoms with Crippen LogP contribution in [0.3, 0.4) is 0 Å². The van der Waals surface area contributed by atoms with E-state index >= 15 is 0 Å². The normalized spacial score (nSPS) is 19.2. The quantitative estimate of drug-likeness (QED) is 0.845. The van der Waals surface area contributed by atoms with E-state index in [1.807, 2.05) is 24.3 Å². The monoisotopic (exact) mass is 257 g/mol. The van der Waals surface area contributed by atoms with Crippen molar-refractivity contribution in [3.05, 3.63) is 29.8 Å². The van der Waals surface area contributed by atoms with Crippen LogP contribution < -0.4 is 4.74 Å². The molecule has 1 aliphatic rings. The first kappa shape index (κ1) is 12.1. The number of para-hydroxylation sites is 1. The lowest BCUT2D eigenvalue weighted by Gasteiger charge is -2.21. The predicted molar refractivity (Wildman–Crippen MR) is 69.8 cm³/mol. The van der Waals surface area contributed by atoms with E-state index < -0.39 is 0 Å². The van der Waals surface area contributed by atoms with E-state index in [1.165, 1.54) is 0 Å². The van der Waals surface area contributed by atoms with Gasteiger partial charge in [-0.25, -0.2) is 0 Å². The summed E-state index contributed by atoms with van der Waals surface area (Å²) in [5.74, 6) is 0.465. The van der Waals surface area contributed by atoms with E-state index in [-0.39, 0.29) is 6.29 Å². The minimum absolute atomic E-state index is 0.214. The third kappa shape index (κ3) is 2.56. The van der Waals surface area contributed by atoms with Crippen LogP contribution in [0.4, 0.5) is 0 Å². The minimum Gasteiger partial charge on any atom is -0.435 e. The molecule has 0 radical (unpaired) electrons. The number of nitriles is 1. The summed E-state index contributed by atoms with van der Waals surface area (Å²) in [5, 5.41) is 9.76. The van der Waals surface area contributed by atoms with Crippen LogP contribution in [-0.2, 0) is 11.2 Å². The Balaban J connectivity index is 1.84. The molecule has 2 heterocycles. The first-order chi connectivity index (χ1) is 9.36. The second-order valence-corrected chi connectivity index (χ2v) is 4.65. The maximum Gasteiger partial charge on any atom is 0.287 e. The van der Waals surface area contributed by atoms with Crippen molar-refractivity contribution in [3.63, 3.8) is 0 Å². The van der Waals surface area contributed by atoms with Crippen molar-refractivity contribution < 1.29 is 13.9 Å². The molecule has 4 heteroatoms. The Bertz CT molecular complexity index is 605. The SMILES string of the molecule is N#CCc1cccc2cc(OC3CCCCO3)oc12. The van der Waals surface area contributed by atoms with Crippen LogP contribution >= 0.6 is 0 Å². The fraction of sp³-hybridized carbons (Fsp3) is 0.400. The fourth-order valence-electron chi connectivity index (χ4n) is 2.32. The number of benzene rings is 1. The zero-order chi connectivity index (χ0) is 13.1. The number of hydrogen-bond donors (Lipinski definition) is 0. The Labute approximate surface area is 111 Å². The van der Waals surface area contributed by atoms with Gasteiger partial charge in [-0.2, -0.15) is 5.26 Å². The van der Waals surface area contributed by atoms with E-state index in [1.54, 1.807) is 0 Å². The van der Waals surface area contributed by atoms with Gasteiger partial charge in [-0.15, -0.1) is 0 Å². The molecule has 0 amide bonds. The third-order valence-corrected chi connectivity index (χ3v) is 3.26. The van der Waals surface area contributed by atoms with E-state index in [0.717, 1.165) is 42.4 Å². The van der Waals surface area contributed by atoms with Gasteiger partial charge in [0.05, 0.1) is 19.1 Å². The molecule has 0 saturated carbocycles. The highest BCUT2D eigenvalue weighted by atomic mass is 16.7. The van der Waals surface area contributed by atoms with Crippen LogP contribution in [0, 0.1) is 11.3 Å². The zero-order valence-corrected chi connectivity index (χ0v) is 10.6. The lowest BCUT2D eigenvalue weighted by atomic mass is 10.1. The van der Waals surface area contributed by atoms with E-state index in [9.17, 15) is 0 Å². The van der Waals surface area contributed by atoms with Crippen molar-refractivity contribution in [3.8, 4) is 12.0 Å². The second kappa shape index (κ2) is 5.33. The maximum absolute atomic E-state index is 8.80. The highest BCUT2D eigenvalue weighted by molar-refractivity contribution is 5.82. The third-order valence-electron chi connectivity index (χ3n) is 3.26. The second-order valence-electron chi connectivity index (χ2n) is 4.65. The van der Waals surface area contributed by atoms with Gasteiger partial charge in [-0.3, -0.25) is 0 Å². The number of rotatable bonds is 3. The molecule has 1 aliphatic heterocycles. The Hall–Kier alpha value is -1.99. The Kier molecular flexibility index (Phi) is 3.39. The maximum atomic E-state index is 8.80. The van der Waals surface area contributed by atoms with Gasteiger partial charge in [0.15, 0.2) is 0 Å². The summed E-state index contributed by atoms with van der Waals surface area (Å²) < 4.78 is 16.9. The van der Waals surface area contributed by atoms with Crippen LogP contribution in [0.15, 0.2) is 28.7 Å².